The van der Waals surface area contributed by atoms with Crippen LogP contribution in [0.4, 0.5) is 5.69 Å². The topological polar surface area (TPSA) is 52.6 Å². The number of carbonyl (C=O) groups is 1. The number of nitrogens with zero attached hydrogens (tertiary/aromatic N) is 1. The summed E-state index contributed by atoms with van der Waals surface area (Å²) < 4.78 is 0. The predicted molar refractivity (Wildman–Crippen MR) is 73.7 cm³/mol. The van der Waals surface area contributed by atoms with Gasteiger partial charge in [-0.1, -0.05) is 12.1 Å². The molecule has 1 atom stereocenters. The van der Waals surface area contributed by atoms with Crippen molar-refractivity contribution in [2.24, 2.45) is 0 Å². The van der Waals surface area contributed by atoms with Crippen molar-refractivity contribution in [3.63, 3.8) is 0 Å². The van der Waals surface area contributed by atoms with Crippen LogP contribution in [0.3, 0.4) is 0 Å². The Labute approximate surface area is 109 Å². The van der Waals surface area contributed by atoms with Gasteiger partial charge in [0, 0.05) is 11.7 Å². The van der Waals surface area contributed by atoms with E-state index in [9.17, 15) is 4.79 Å². The highest BCUT2D eigenvalue weighted by molar-refractivity contribution is 5.93. The number of rotatable bonds is 5. The molecule has 2 N–H and O–H groups in total. The van der Waals surface area contributed by atoms with Gasteiger partial charge in [0.05, 0.1) is 13.2 Å². The molecule has 0 saturated carbocycles. The van der Waals surface area contributed by atoms with Crippen LogP contribution in [-0.2, 0) is 4.79 Å². The lowest BCUT2D eigenvalue weighted by Crippen LogP contribution is -2.38. The molecule has 0 fully saturated rings. The van der Waals surface area contributed by atoms with E-state index in [0.717, 1.165) is 16.8 Å². The first-order valence-electron chi connectivity index (χ1n) is 6.12. The fourth-order valence-electron chi connectivity index (χ4n) is 1.58. The van der Waals surface area contributed by atoms with Crippen LogP contribution in [0.5, 0.6) is 0 Å². The fourth-order valence-corrected chi connectivity index (χ4v) is 1.58. The Kier molecular flexibility index (Phi) is 5.31. The summed E-state index contributed by atoms with van der Waals surface area (Å²) in [5.74, 6) is -0.0634. The van der Waals surface area contributed by atoms with Gasteiger partial charge in [0.1, 0.15) is 0 Å². The van der Waals surface area contributed by atoms with E-state index in [4.69, 9.17) is 5.11 Å². The van der Waals surface area contributed by atoms with Gasteiger partial charge in [-0.3, -0.25) is 9.69 Å². The SMILES string of the molecule is Cc1ccc(C)c(NC(=O)CN(C)C(C)CO)c1. The highest BCUT2D eigenvalue weighted by atomic mass is 16.3. The van der Waals surface area contributed by atoms with E-state index < -0.39 is 0 Å². The number of amides is 1. The summed E-state index contributed by atoms with van der Waals surface area (Å²) in [7, 11) is 1.82. The summed E-state index contributed by atoms with van der Waals surface area (Å²) in [4.78, 5) is 13.7. The molecule has 1 amide bonds. The lowest BCUT2D eigenvalue weighted by Gasteiger charge is -2.22. The summed E-state index contributed by atoms with van der Waals surface area (Å²) in [5.41, 5.74) is 3.02. The van der Waals surface area contributed by atoms with Crippen molar-refractivity contribution in [3.05, 3.63) is 29.3 Å². The van der Waals surface area contributed by atoms with Crippen molar-refractivity contribution in [1.82, 2.24) is 4.90 Å². The van der Waals surface area contributed by atoms with E-state index in [2.05, 4.69) is 5.32 Å². The molecule has 0 aromatic heterocycles. The van der Waals surface area contributed by atoms with Crippen LogP contribution in [0.15, 0.2) is 18.2 Å². The van der Waals surface area contributed by atoms with Crippen molar-refractivity contribution < 1.29 is 9.90 Å². The first-order valence-corrected chi connectivity index (χ1v) is 6.12. The molecule has 0 aliphatic carbocycles. The second-order valence-electron chi connectivity index (χ2n) is 4.81. The van der Waals surface area contributed by atoms with E-state index in [1.54, 1.807) is 0 Å². The third-order valence-electron chi connectivity index (χ3n) is 3.08. The molecule has 0 radical (unpaired) electrons. The number of aryl methyl sites for hydroxylation is 2. The summed E-state index contributed by atoms with van der Waals surface area (Å²) >= 11 is 0. The van der Waals surface area contributed by atoms with Gasteiger partial charge in [-0.25, -0.2) is 0 Å². The second-order valence-corrected chi connectivity index (χ2v) is 4.81. The van der Waals surface area contributed by atoms with Gasteiger partial charge < -0.3 is 10.4 Å². The van der Waals surface area contributed by atoms with Gasteiger partial charge in [0.2, 0.25) is 5.91 Å². The molecule has 0 bridgehead atoms. The van der Waals surface area contributed by atoms with Gasteiger partial charge in [0.15, 0.2) is 0 Å². The Bertz CT molecular complexity index is 418. The lowest BCUT2D eigenvalue weighted by molar-refractivity contribution is -0.117. The van der Waals surface area contributed by atoms with E-state index in [0.29, 0.717) is 0 Å². The summed E-state index contributed by atoms with van der Waals surface area (Å²) in [5, 5.41) is 11.9. The molecule has 0 aliphatic heterocycles. The Hall–Kier alpha value is -1.39. The molecule has 1 unspecified atom stereocenters. The molecule has 0 heterocycles. The van der Waals surface area contributed by atoms with E-state index in [1.165, 1.54) is 0 Å². The van der Waals surface area contributed by atoms with Crippen molar-refractivity contribution in [2.75, 3.05) is 25.5 Å². The number of hydrogen-bond acceptors (Lipinski definition) is 3. The number of aliphatic hydroxyl groups is 1. The monoisotopic (exact) mass is 250 g/mol. The molecule has 1 aromatic rings. The van der Waals surface area contributed by atoms with Crippen molar-refractivity contribution in [2.45, 2.75) is 26.8 Å². The zero-order chi connectivity index (χ0) is 13.7. The van der Waals surface area contributed by atoms with Crippen LogP contribution in [-0.4, -0.2) is 42.2 Å². The van der Waals surface area contributed by atoms with Crippen LogP contribution in [0.1, 0.15) is 18.1 Å². The third kappa shape index (κ3) is 4.13. The maximum absolute atomic E-state index is 11.9. The van der Waals surface area contributed by atoms with Crippen LogP contribution in [0.25, 0.3) is 0 Å². The maximum Gasteiger partial charge on any atom is 0.238 e. The largest absolute Gasteiger partial charge is 0.395 e. The number of aliphatic hydroxyl groups excluding tert-OH is 1. The zero-order valence-corrected chi connectivity index (χ0v) is 11.5. The quantitative estimate of drug-likeness (QED) is 0.833. The average Bonchev–Trinajstić information content (AvgIpc) is 2.32. The number of likely N-dealkylation sites (N-methyl/N-ethyl adjacent to an activating group) is 1. The molecule has 100 valence electrons. The van der Waals surface area contributed by atoms with Crippen molar-refractivity contribution in [1.29, 1.82) is 0 Å². The molecule has 1 rings (SSSR count). The van der Waals surface area contributed by atoms with Gasteiger partial charge in [-0.2, -0.15) is 0 Å². The number of hydrogen-bond donors (Lipinski definition) is 2. The first-order chi connectivity index (χ1) is 8.43. The number of anilines is 1. The Balaban J connectivity index is 2.62. The smallest absolute Gasteiger partial charge is 0.238 e. The molecule has 4 nitrogen and oxygen atoms in total. The minimum Gasteiger partial charge on any atom is -0.395 e. The number of nitrogens with one attached hydrogen (secondary N) is 1. The Morgan fingerprint density at radius 3 is 2.72 bits per heavy atom. The highest BCUT2D eigenvalue weighted by Crippen LogP contribution is 2.16. The van der Waals surface area contributed by atoms with Crippen LogP contribution in [0, 0.1) is 13.8 Å². The normalized spacial score (nSPS) is 12.6. The zero-order valence-electron chi connectivity index (χ0n) is 11.5. The molecule has 0 aliphatic rings. The first kappa shape index (κ1) is 14.7. The molecule has 4 heteroatoms. The van der Waals surface area contributed by atoms with E-state index >= 15 is 0 Å². The second kappa shape index (κ2) is 6.52. The highest BCUT2D eigenvalue weighted by Gasteiger charge is 2.12. The fraction of sp³-hybridized carbons (Fsp3) is 0.500. The summed E-state index contributed by atoms with van der Waals surface area (Å²) in [6.07, 6.45) is 0. The van der Waals surface area contributed by atoms with Gasteiger partial charge in [0.25, 0.3) is 0 Å². The van der Waals surface area contributed by atoms with Gasteiger partial charge in [-0.15, -0.1) is 0 Å². The number of benzene rings is 1. The minimum atomic E-state index is -0.0634. The standard InChI is InChI=1S/C14H22N2O2/c1-10-5-6-11(2)13(7-10)15-14(18)8-16(4)12(3)9-17/h5-7,12,17H,8-9H2,1-4H3,(H,15,18). The number of carbonyl (C=O) groups excluding carboxylic acids is 1. The predicted octanol–water partition coefficient (Wildman–Crippen LogP) is 1.55. The van der Waals surface area contributed by atoms with E-state index in [1.807, 2.05) is 50.9 Å². The Morgan fingerprint density at radius 2 is 2.11 bits per heavy atom. The molecule has 18 heavy (non-hydrogen) atoms. The maximum atomic E-state index is 11.9. The summed E-state index contributed by atoms with van der Waals surface area (Å²) in [6, 6.07) is 5.95. The van der Waals surface area contributed by atoms with Crippen LogP contribution >= 0.6 is 0 Å². The summed E-state index contributed by atoms with van der Waals surface area (Å²) in [6.45, 7) is 6.16. The third-order valence-corrected chi connectivity index (χ3v) is 3.08. The van der Waals surface area contributed by atoms with Crippen molar-refractivity contribution >= 4 is 11.6 Å². The average molecular weight is 250 g/mol. The van der Waals surface area contributed by atoms with Gasteiger partial charge in [-0.05, 0) is 45.0 Å². The van der Waals surface area contributed by atoms with Gasteiger partial charge >= 0.3 is 0 Å². The van der Waals surface area contributed by atoms with Crippen LogP contribution < -0.4 is 5.32 Å². The molecular weight excluding hydrogens is 228 g/mol. The van der Waals surface area contributed by atoms with E-state index in [-0.39, 0.29) is 25.1 Å². The minimum absolute atomic E-state index is 0.0191. The molecule has 0 saturated heterocycles. The van der Waals surface area contributed by atoms with Crippen LogP contribution in [0.2, 0.25) is 0 Å². The molecular formula is C14H22N2O2. The Morgan fingerprint density at radius 1 is 1.44 bits per heavy atom. The van der Waals surface area contributed by atoms with Crippen molar-refractivity contribution in [3.8, 4) is 0 Å². The lowest BCUT2D eigenvalue weighted by atomic mass is 10.1. The molecule has 0 spiro atoms. The molecule has 1 aromatic carbocycles.